The minimum absolute atomic E-state index is 0.251. The Labute approximate surface area is 142 Å². The second-order valence-electron chi connectivity index (χ2n) is 5.40. The van der Waals surface area contributed by atoms with Crippen LogP contribution in [0.15, 0.2) is 36.4 Å². The van der Waals surface area contributed by atoms with Gasteiger partial charge in [-0.2, -0.15) is 20.2 Å². The Morgan fingerprint density at radius 2 is 1.92 bits per heavy atom. The molecule has 4 rings (SSSR count). The molecule has 0 radical (unpaired) electrons. The Bertz CT molecular complexity index is 1010. The molecule has 0 unspecified atom stereocenters. The molecule has 3 heterocycles. The van der Waals surface area contributed by atoms with Crippen molar-refractivity contribution in [1.29, 1.82) is 0 Å². The summed E-state index contributed by atoms with van der Waals surface area (Å²) in [4.78, 5) is 5.70. The molecule has 9 nitrogen and oxygen atoms in total. The molecule has 0 fully saturated rings. The molecule has 25 heavy (non-hydrogen) atoms. The number of aryl methyl sites for hydroxylation is 1. The molecular formula is C16H16N8O. The topological polar surface area (TPSA) is 120 Å². The summed E-state index contributed by atoms with van der Waals surface area (Å²) in [5.41, 5.74) is 9.27. The van der Waals surface area contributed by atoms with Crippen LogP contribution < -0.4 is 10.5 Å². The van der Waals surface area contributed by atoms with Crippen molar-refractivity contribution < 1.29 is 4.74 Å². The fourth-order valence-electron chi connectivity index (χ4n) is 2.51. The van der Waals surface area contributed by atoms with Crippen molar-refractivity contribution >= 4 is 17.0 Å². The van der Waals surface area contributed by atoms with Crippen LogP contribution in [-0.4, -0.2) is 35.4 Å². The number of fused-ring (bicyclic) bond motifs is 1. The number of rotatable bonds is 5. The third-order valence-electron chi connectivity index (χ3n) is 3.73. The summed E-state index contributed by atoms with van der Waals surface area (Å²) in [5.74, 6) is 0.826. The Hall–Kier alpha value is -3.49. The average molecular weight is 336 g/mol. The van der Waals surface area contributed by atoms with Crippen molar-refractivity contribution in [3.05, 3.63) is 47.8 Å². The molecule has 0 atom stereocenters. The van der Waals surface area contributed by atoms with E-state index in [1.54, 1.807) is 10.9 Å². The SMILES string of the molecule is CCc1nn(-c2ccccc2)nc1COc1cc(N)nc2n[nH]nc12. The van der Waals surface area contributed by atoms with Gasteiger partial charge in [0.25, 0.3) is 0 Å². The van der Waals surface area contributed by atoms with Crippen molar-refractivity contribution in [2.75, 3.05) is 5.73 Å². The lowest BCUT2D eigenvalue weighted by atomic mass is 10.3. The molecule has 0 bridgehead atoms. The molecule has 3 N–H and O–H groups in total. The molecule has 0 spiro atoms. The molecule has 1 aromatic carbocycles. The van der Waals surface area contributed by atoms with Crippen LogP contribution in [0.5, 0.6) is 5.75 Å². The van der Waals surface area contributed by atoms with Crippen LogP contribution in [-0.2, 0) is 13.0 Å². The van der Waals surface area contributed by atoms with Gasteiger partial charge in [0.1, 0.15) is 18.1 Å². The van der Waals surface area contributed by atoms with Crippen molar-refractivity contribution in [2.45, 2.75) is 20.0 Å². The minimum atomic E-state index is 0.251. The summed E-state index contributed by atoms with van der Waals surface area (Å²) >= 11 is 0. The average Bonchev–Trinajstić information content (AvgIpc) is 3.26. The van der Waals surface area contributed by atoms with E-state index in [0.717, 1.165) is 23.5 Å². The second kappa shape index (κ2) is 6.19. The van der Waals surface area contributed by atoms with Gasteiger partial charge in [0.15, 0.2) is 11.3 Å². The van der Waals surface area contributed by atoms with Crippen LogP contribution in [0.2, 0.25) is 0 Å². The van der Waals surface area contributed by atoms with Gasteiger partial charge in [-0.15, -0.1) is 10.2 Å². The summed E-state index contributed by atoms with van der Waals surface area (Å²) in [6.45, 7) is 2.28. The van der Waals surface area contributed by atoms with E-state index in [9.17, 15) is 0 Å². The molecule has 0 saturated heterocycles. The lowest BCUT2D eigenvalue weighted by Gasteiger charge is -2.05. The number of anilines is 1. The molecule has 0 aliphatic heterocycles. The number of hydrogen-bond donors (Lipinski definition) is 2. The number of hydrogen-bond acceptors (Lipinski definition) is 7. The fourth-order valence-corrected chi connectivity index (χ4v) is 2.51. The van der Waals surface area contributed by atoms with Crippen LogP contribution in [0.3, 0.4) is 0 Å². The van der Waals surface area contributed by atoms with Crippen molar-refractivity contribution in [3.8, 4) is 11.4 Å². The summed E-state index contributed by atoms with van der Waals surface area (Å²) in [5, 5.41) is 19.6. The Morgan fingerprint density at radius 3 is 2.72 bits per heavy atom. The zero-order valence-electron chi connectivity index (χ0n) is 13.5. The van der Waals surface area contributed by atoms with Crippen molar-refractivity contribution in [2.24, 2.45) is 0 Å². The van der Waals surface area contributed by atoms with Crippen LogP contribution in [0.1, 0.15) is 18.3 Å². The minimum Gasteiger partial charge on any atom is -0.485 e. The van der Waals surface area contributed by atoms with E-state index in [-0.39, 0.29) is 6.61 Å². The summed E-state index contributed by atoms with van der Waals surface area (Å²) in [7, 11) is 0. The number of aromatic nitrogens is 7. The number of nitrogens with zero attached hydrogens (tertiary/aromatic N) is 6. The summed E-state index contributed by atoms with van der Waals surface area (Å²) in [6.07, 6.45) is 0.753. The monoisotopic (exact) mass is 336 g/mol. The zero-order valence-corrected chi connectivity index (χ0v) is 13.5. The number of aromatic amines is 1. The fraction of sp³-hybridized carbons (Fsp3) is 0.188. The molecule has 4 aromatic rings. The number of nitrogen functional groups attached to an aromatic ring is 1. The molecule has 0 amide bonds. The lowest BCUT2D eigenvalue weighted by molar-refractivity contribution is 0.302. The Balaban J connectivity index is 1.62. The second-order valence-corrected chi connectivity index (χ2v) is 5.40. The molecule has 3 aromatic heterocycles. The Morgan fingerprint density at radius 1 is 1.12 bits per heavy atom. The van der Waals surface area contributed by atoms with E-state index in [0.29, 0.717) is 22.7 Å². The maximum absolute atomic E-state index is 5.88. The lowest BCUT2D eigenvalue weighted by Crippen LogP contribution is -2.02. The van der Waals surface area contributed by atoms with Gasteiger partial charge < -0.3 is 10.5 Å². The molecule has 0 saturated carbocycles. The first-order chi connectivity index (χ1) is 12.2. The van der Waals surface area contributed by atoms with Crippen LogP contribution in [0.25, 0.3) is 16.9 Å². The van der Waals surface area contributed by atoms with Gasteiger partial charge in [0.2, 0.25) is 5.65 Å². The highest BCUT2D eigenvalue weighted by Crippen LogP contribution is 2.24. The van der Waals surface area contributed by atoms with Crippen molar-refractivity contribution in [3.63, 3.8) is 0 Å². The van der Waals surface area contributed by atoms with Crippen LogP contribution in [0.4, 0.5) is 5.82 Å². The van der Waals surface area contributed by atoms with Gasteiger partial charge in [-0.05, 0) is 18.6 Å². The van der Waals surface area contributed by atoms with E-state index in [2.05, 4.69) is 30.6 Å². The number of H-pyrrole nitrogens is 1. The maximum Gasteiger partial charge on any atom is 0.207 e. The number of pyridine rings is 1. The first kappa shape index (κ1) is 15.1. The largest absolute Gasteiger partial charge is 0.485 e. The highest BCUT2D eigenvalue weighted by molar-refractivity contribution is 5.78. The third-order valence-corrected chi connectivity index (χ3v) is 3.73. The number of benzene rings is 1. The standard InChI is InChI=1S/C16H16N8O/c1-2-11-12(22-24(21-11)10-6-4-3-5-7-10)9-25-13-8-14(17)18-16-15(13)19-23-20-16/h3-8H,2,9H2,1H3,(H3,17,18,19,20,23). The first-order valence-electron chi connectivity index (χ1n) is 7.85. The van der Waals surface area contributed by atoms with Gasteiger partial charge in [-0.3, -0.25) is 0 Å². The highest BCUT2D eigenvalue weighted by atomic mass is 16.5. The normalized spacial score (nSPS) is 11.1. The predicted molar refractivity (Wildman–Crippen MR) is 91.2 cm³/mol. The third kappa shape index (κ3) is 2.87. The molecule has 0 aliphatic rings. The van der Waals surface area contributed by atoms with Crippen molar-refractivity contribution in [1.82, 2.24) is 35.4 Å². The highest BCUT2D eigenvalue weighted by Gasteiger charge is 2.14. The van der Waals surface area contributed by atoms with Crippen LogP contribution in [0, 0.1) is 0 Å². The molecule has 9 heteroatoms. The van der Waals surface area contributed by atoms with E-state index in [4.69, 9.17) is 10.5 Å². The quantitative estimate of drug-likeness (QED) is 0.568. The number of nitrogens with one attached hydrogen (secondary N) is 1. The zero-order chi connectivity index (χ0) is 17.2. The van der Waals surface area contributed by atoms with Gasteiger partial charge in [-0.25, -0.2) is 4.98 Å². The predicted octanol–water partition coefficient (Wildman–Crippen LogP) is 1.66. The summed E-state index contributed by atoms with van der Waals surface area (Å²) in [6, 6.07) is 11.4. The van der Waals surface area contributed by atoms with Gasteiger partial charge in [0, 0.05) is 6.07 Å². The van der Waals surface area contributed by atoms with E-state index in [1.807, 2.05) is 37.3 Å². The van der Waals surface area contributed by atoms with Crippen LogP contribution >= 0.6 is 0 Å². The van der Waals surface area contributed by atoms with E-state index in [1.165, 1.54) is 0 Å². The smallest absolute Gasteiger partial charge is 0.207 e. The first-order valence-corrected chi connectivity index (χ1v) is 7.85. The molecular weight excluding hydrogens is 320 g/mol. The van der Waals surface area contributed by atoms with Gasteiger partial charge in [-0.1, -0.05) is 25.1 Å². The maximum atomic E-state index is 5.88. The number of ether oxygens (including phenoxy) is 1. The Kier molecular flexibility index (Phi) is 3.73. The van der Waals surface area contributed by atoms with Gasteiger partial charge >= 0.3 is 0 Å². The summed E-state index contributed by atoms with van der Waals surface area (Å²) < 4.78 is 5.88. The molecule has 126 valence electrons. The number of para-hydroxylation sites is 1. The van der Waals surface area contributed by atoms with Gasteiger partial charge in [0.05, 0.1) is 11.4 Å². The number of nitrogens with two attached hydrogens (primary N) is 1. The van der Waals surface area contributed by atoms with E-state index < -0.39 is 0 Å². The molecule has 0 aliphatic carbocycles. The van der Waals surface area contributed by atoms with E-state index >= 15 is 0 Å².